The molecule has 3 rings (SSSR count). The van der Waals surface area contributed by atoms with Crippen LogP contribution in [0.5, 0.6) is 5.75 Å². The van der Waals surface area contributed by atoms with E-state index in [0.717, 1.165) is 30.1 Å². The average molecular weight is 229 g/mol. The summed E-state index contributed by atoms with van der Waals surface area (Å²) in [5.74, 6) is 0.868. The molecule has 4 nitrogen and oxygen atoms in total. The predicted molar refractivity (Wildman–Crippen MR) is 65.7 cm³/mol. The summed E-state index contributed by atoms with van der Waals surface area (Å²) in [6.07, 6.45) is 0. The van der Waals surface area contributed by atoms with Crippen LogP contribution >= 0.6 is 0 Å². The van der Waals surface area contributed by atoms with Crippen LogP contribution in [0.15, 0.2) is 24.3 Å². The Morgan fingerprint density at radius 3 is 3.06 bits per heavy atom. The molecule has 1 N–H and O–H groups in total. The van der Waals surface area contributed by atoms with Gasteiger partial charge in [0.2, 0.25) is 0 Å². The third-order valence-corrected chi connectivity index (χ3v) is 3.21. The van der Waals surface area contributed by atoms with Gasteiger partial charge in [-0.15, -0.1) is 0 Å². The van der Waals surface area contributed by atoms with Crippen molar-refractivity contribution in [3.63, 3.8) is 0 Å². The zero-order valence-corrected chi connectivity index (χ0v) is 10.0. The van der Waals surface area contributed by atoms with E-state index >= 15 is 0 Å². The number of hydrogen-bond donors (Lipinski definition) is 1. The Morgan fingerprint density at radius 1 is 1.35 bits per heavy atom. The number of rotatable bonds is 2. The molecule has 0 unspecified atom stereocenters. The molecule has 2 heterocycles. The van der Waals surface area contributed by atoms with Gasteiger partial charge in [-0.25, -0.2) is 0 Å². The Hall–Kier alpha value is -1.81. The smallest absolute Gasteiger partial charge is 0.119 e. The number of nitrogens with zero attached hydrogens (tertiary/aromatic N) is 2. The fourth-order valence-electron chi connectivity index (χ4n) is 2.32. The van der Waals surface area contributed by atoms with E-state index in [1.807, 2.05) is 29.9 Å². The standard InChI is InChI=1S/C13H15N3O/c1-16-12-8-14-7-11(12)13(15-16)9-4-3-5-10(6-9)17-2/h3-6,14H,7-8H2,1-2H3. The second kappa shape index (κ2) is 3.89. The quantitative estimate of drug-likeness (QED) is 0.852. The maximum absolute atomic E-state index is 5.25. The van der Waals surface area contributed by atoms with Crippen molar-refractivity contribution in [2.45, 2.75) is 13.1 Å². The highest BCUT2D eigenvalue weighted by Gasteiger charge is 2.21. The topological polar surface area (TPSA) is 39.1 Å². The van der Waals surface area contributed by atoms with Gasteiger partial charge in [0.1, 0.15) is 5.75 Å². The van der Waals surface area contributed by atoms with Crippen molar-refractivity contribution in [2.24, 2.45) is 7.05 Å². The summed E-state index contributed by atoms with van der Waals surface area (Å²) in [6.45, 7) is 1.80. The van der Waals surface area contributed by atoms with E-state index in [9.17, 15) is 0 Å². The van der Waals surface area contributed by atoms with E-state index in [-0.39, 0.29) is 0 Å². The number of hydrogen-bond acceptors (Lipinski definition) is 3. The maximum Gasteiger partial charge on any atom is 0.119 e. The van der Waals surface area contributed by atoms with Crippen molar-refractivity contribution in [3.05, 3.63) is 35.5 Å². The molecule has 0 amide bonds. The van der Waals surface area contributed by atoms with Gasteiger partial charge in [-0.3, -0.25) is 4.68 Å². The lowest BCUT2D eigenvalue weighted by Gasteiger charge is -2.03. The molecule has 1 aromatic heterocycles. The molecule has 1 aliphatic heterocycles. The Balaban J connectivity index is 2.12. The van der Waals surface area contributed by atoms with Gasteiger partial charge in [0.15, 0.2) is 0 Å². The monoisotopic (exact) mass is 229 g/mol. The summed E-state index contributed by atoms with van der Waals surface area (Å²) in [5, 5.41) is 7.95. The molecular weight excluding hydrogens is 214 g/mol. The van der Waals surface area contributed by atoms with Gasteiger partial charge in [-0.1, -0.05) is 12.1 Å². The van der Waals surface area contributed by atoms with Gasteiger partial charge < -0.3 is 10.1 Å². The Morgan fingerprint density at radius 2 is 2.24 bits per heavy atom. The minimum atomic E-state index is 0.868. The summed E-state index contributed by atoms with van der Waals surface area (Å²) in [6, 6.07) is 8.05. The molecule has 0 bridgehead atoms. The summed E-state index contributed by atoms with van der Waals surface area (Å²) in [7, 11) is 3.68. The lowest BCUT2D eigenvalue weighted by Crippen LogP contribution is -2.06. The van der Waals surface area contributed by atoms with Gasteiger partial charge in [0, 0.05) is 31.3 Å². The van der Waals surface area contributed by atoms with Crippen molar-refractivity contribution in [2.75, 3.05) is 7.11 Å². The molecule has 1 aromatic carbocycles. The third kappa shape index (κ3) is 1.61. The summed E-state index contributed by atoms with van der Waals surface area (Å²) < 4.78 is 7.21. The first-order chi connectivity index (χ1) is 8.29. The van der Waals surface area contributed by atoms with E-state index in [4.69, 9.17) is 4.74 Å². The van der Waals surface area contributed by atoms with Crippen molar-refractivity contribution in [3.8, 4) is 17.0 Å². The number of ether oxygens (including phenoxy) is 1. The van der Waals surface area contributed by atoms with Crippen molar-refractivity contribution in [1.29, 1.82) is 0 Å². The average Bonchev–Trinajstić information content (AvgIpc) is 2.94. The summed E-state index contributed by atoms with van der Waals surface area (Å²) in [4.78, 5) is 0. The van der Waals surface area contributed by atoms with E-state index in [2.05, 4.69) is 16.5 Å². The first-order valence-electron chi connectivity index (χ1n) is 5.69. The molecule has 0 fully saturated rings. The van der Waals surface area contributed by atoms with Gasteiger partial charge in [0.05, 0.1) is 18.5 Å². The first kappa shape index (κ1) is 10.4. The van der Waals surface area contributed by atoms with E-state index in [1.165, 1.54) is 11.3 Å². The molecule has 0 atom stereocenters. The molecule has 17 heavy (non-hydrogen) atoms. The highest BCUT2D eigenvalue weighted by Crippen LogP contribution is 2.29. The van der Waals surface area contributed by atoms with Crippen LogP contribution in [0, 0.1) is 0 Å². The number of benzene rings is 1. The van der Waals surface area contributed by atoms with E-state index in [0.29, 0.717) is 0 Å². The van der Waals surface area contributed by atoms with Crippen molar-refractivity contribution in [1.82, 2.24) is 15.1 Å². The van der Waals surface area contributed by atoms with Crippen LogP contribution in [0.3, 0.4) is 0 Å². The van der Waals surface area contributed by atoms with Gasteiger partial charge in [-0.05, 0) is 12.1 Å². The van der Waals surface area contributed by atoms with Gasteiger partial charge in [0.25, 0.3) is 0 Å². The SMILES string of the molecule is COc1cccc(-c2nn(C)c3c2CNC3)c1. The summed E-state index contributed by atoms with van der Waals surface area (Å²) in [5.41, 5.74) is 4.76. The minimum Gasteiger partial charge on any atom is -0.497 e. The van der Waals surface area contributed by atoms with Crippen LogP contribution in [0.25, 0.3) is 11.3 Å². The third-order valence-electron chi connectivity index (χ3n) is 3.21. The highest BCUT2D eigenvalue weighted by molar-refractivity contribution is 5.66. The fraction of sp³-hybridized carbons (Fsp3) is 0.308. The predicted octanol–water partition coefficient (Wildman–Crippen LogP) is 1.70. The molecular formula is C13H15N3O. The van der Waals surface area contributed by atoms with E-state index in [1.54, 1.807) is 7.11 Å². The van der Waals surface area contributed by atoms with Crippen LogP contribution in [-0.4, -0.2) is 16.9 Å². The van der Waals surface area contributed by atoms with Gasteiger partial charge >= 0.3 is 0 Å². The number of fused-ring (bicyclic) bond motifs is 1. The molecule has 0 radical (unpaired) electrons. The van der Waals surface area contributed by atoms with Crippen LogP contribution in [0.2, 0.25) is 0 Å². The minimum absolute atomic E-state index is 0.868. The number of methoxy groups -OCH3 is 1. The van der Waals surface area contributed by atoms with Crippen LogP contribution in [0.4, 0.5) is 0 Å². The van der Waals surface area contributed by atoms with Crippen LogP contribution in [0.1, 0.15) is 11.3 Å². The number of aryl methyl sites for hydroxylation is 1. The van der Waals surface area contributed by atoms with E-state index < -0.39 is 0 Å². The zero-order chi connectivity index (χ0) is 11.8. The lowest BCUT2D eigenvalue weighted by atomic mass is 10.1. The number of aromatic nitrogens is 2. The maximum atomic E-state index is 5.25. The number of nitrogens with one attached hydrogen (secondary N) is 1. The van der Waals surface area contributed by atoms with Crippen LogP contribution < -0.4 is 10.1 Å². The second-order valence-electron chi connectivity index (χ2n) is 4.23. The molecule has 0 saturated carbocycles. The largest absolute Gasteiger partial charge is 0.497 e. The second-order valence-corrected chi connectivity index (χ2v) is 4.23. The molecule has 0 spiro atoms. The van der Waals surface area contributed by atoms with Crippen LogP contribution in [-0.2, 0) is 20.1 Å². The van der Waals surface area contributed by atoms with Crippen molar-refractivity contribution < 1.29 is 4.74 Å². The molecule has 2 aromatic rings. The summed E-state index contributed by atoms with van der Waals surface area (Å²) >= 11 is 0. The molecule has 0 aliphatic carbocycles. The van der Waals surface area contributed by atoms with Crippen molar-refractivity contribution >= 4 is 0 Å². The fourth-order valence-corrected chi connectivity index (χ4v) is 2.32. The molecule has 88 valence electrons. The Labute approximate surface area is 100 Å². The zero-order valence-electron chi connectivity index (χ0n) is 10.0. The van der Waals surface area contributed by atoms with Gasteiger partial charge in [-0.2, -0.15) is 5.10 Å². The molecule has 0 saturated heterocycles. The Kier molecular flexibility index (Phi) is 2.37. The normalized spacial score (nSPS) is 13.8. The lowest BCUT2D eigenvalue weighted by molar-refractivity contribution is 0.415. The molecule has 4 heteroatoms. The highest BCUT2D eigenvalue weighted by atomic mass is 16.5. The Bertz CT molecular complexity index is 560. The first-order valence-corrected chi connectivity index (χ1v) is 5.69. The molecule has 1 aliphatic rings.